The van der Waals surface area contributed by atoms with Crippen LogP contribution in [-0.2, 0) is 0 Å². The predicted octanol–water partition coefficient (Wildman–Crippen LogP) is 7.07. The lowest BCUT2D eigenvalue weighted by Crippen LogP contribution is -2.19. The van der Waals surface area contributed by atoms with Gasteiger partial charge in [0.15, 0.2) is 0 Å². The lowest BCUT2D eigenvalue weighted by atomic mass is 10.2. The molecule has 0 spiro atoms. The van der Waals surface area contributed by atoms with Crippen LogP contribution in [0, 0.1) is 0 Å². The Kier molecular flexibility index (Phi) is 7.45. The van der Waals surface area contributed by atoms with Crippen LogP contribution in [0.4, 0.5) is 16.2 Å². The molecule has 2 aromatic rings. The van der Waals surface area contributed by atoms with Crippen molar-refractivity contribution >= 4 is 64.5 Å². The summed E-state index contributed by atoms with van der Waals surface area (Å²) in [6, 6.07) is 16.3. The van der Waals surface area contributed by atoms with Gasteiger partial charge in [0.2, 0.25) is 0 Å². The number of rotatable bonds is 4. The van der Waals surface area contributed by atoms with Crippen molar-refractivity contribution in [2.75, 3.05) is 33.6 Å². The molecule has 2 aliphatic heterocycles. The molecule has 3 nitrogen and oxygen atoms in total. The van der Waals surface area contributed by atoms with Crippen LogP contribution in [0.15, 0.2) is 48.5 Å². The molecule has 2 saturated heterocycles. The van der Waals surface area contributed by atoms with Crippen molar-refractivity contribution in [2.45, 2.75) is 22.0 Å². The van der Waals surface area contributed by atoms with Crippen molar-refractivity contribution in [3.8, 4) is 0 Å². The van der Waals surface area contributed by atoms with E-state index in [-0.39, 0.29) is 6.03 Å². The van der Waals surface area contributed by atoms with Crippen molar-refractivity contribution in [1.82, 2.24) is 0 Å². The number of urea groups is 1. The van der Waals surface area contributed by atoms with Crippen LogP contribution >= 0.6 is 47.0 Å². The average Bonchev–Trinajstić information content (AvgIpc) is 2.75. The maximum absolute atomic E-state index is 12.5. The second-order valence-electron chi connectivity index (χ2n) is 6.68. The van der Waals surface area contributed by atoms with Crippen LogP contribution in [0.1, 0.15) is 33.1 Å². The van der Waals surface area contributed by atoms with Gasteiger partial charge in [0.05, 0.1) is 9.16 Å². The molecule has 0 aliphatic carbocycles. The van der Waals surface area contributed by atoms with Crippen molar-refractivity contribution in [3.63, 3.8) is 0 Å². The van der Waals surface area contributed by atoms with Crippen LogP contribution in [0.3, 0.4) is 0 Å². The lowest BCUT2D eigenvalue weighted by molar-refractivity contribution is 0.262. The van der Waals surface area contributed by atoms with Gasteiger partial charge >= 0.3 is 6.03 Å². The van der Waals surface area contributed by atoms with Gasteiger partial charge in [0.25, 0.3) is 0 Å². The van der Waals surface area contributed by atoms with E-state index in [1.54, 1.807) is 0 Å². The van der Waals surface area contributed by atoms with E-state index >= 15 is 0 Å². The Bertz CT molecular complexity index is 739. The van der Waals surface area contributed by atoms with Crippen LogP contribution in [0.5, 0.6) is 0 Å². The van der Waals surface area contributed by atoms with Crippen LogP contribution in [0.25, 0.3) is 0 Å². The minimum absolute atomic E-state index is 0.192. The Hall–Kier alpha value is -0.890. The third kappa shape index (κ3) is 5.59. The van der Waals surface area contributed by atoms with Crippen LogP contribution in [0.2, 0.25) is 0 Å². The SMILES string of the molecule is O=C(Nc1cccc(C2SCCCS2)c1)Nc1cccc(C2SCCCS2)c1. The van der Waals surface area contributed by atoms with Crippen molar-refractivity contribution in [3.05, 3.63) is 59.7 Å². The number of anilines is 2. The predicted molar refractivity (Wildman–Crippen MR) is 130 cm³/mol. The Labute approximate surface area is 184 Å². The number of nitrogens with one attached hydrogen (secondary N) is 2. The molecule has 0 saturated carbocycles. The summed E-state index contributed by atoms with van der Waals surface area (Å²) in [5, 5.41) is 5.98. The zero-order chi connectivity index (χ0) is 19.2. The van der Waals surface area contributed by atoms with E-state index in [1.165, 1.54) is 47.0 Å². The fourth-order valence-corrected chi connectivity index (χ4v) is 8.93. The topological polar surface area (TPSA) is 41.1 Å². The maximum Gasteiger partial charge on any atom is 0.323 e. The van der Waals surface area contributed by atoms with Crippen LogP contribution in [-0.4, -0.2) is 29.0 Å². The van der Waals surface area contributed by atoms with Gasteiger partial charge in [-0.05, 0) is 71.2 Å². The van der Waals surface area contributed by atoms with E-state index < -0.39 is 0 Å². The Balaban J connectivity index is 1.38. The quantitative estimate of drug-likeness (QED) is 0.523. The normalized spacial score (nSPS) is 18.6. The highest BCUT2D eigenvalue weighted by atomic mass is 32.2. The fraction of sp³-hybridized carbons (Fsp3) is 0.381. The van der Waals surface area contributed by atoms with Crippen molar-refractivity contribution in [2.24, 2.45) is 0 Å². The first-order valence-electron chi connectivity index (χ1n) is 9.52. The van der Waals surface area contributed by atoms with Gasteiger partial charge in [-0.2, -0.15) is 0 Å². The Morgan fingerprint density at radius 2 is 1.14 bits per heavy atom. The average molecular weight is 449 g/mol. The summed E-state index contributed by atoms with van der Waals surface area (Å²) in [7, 11) is 0. The number of carbonyl (C=O) groups excluding carboxylic acids is 1. The minimum atomic E-state index is -0.192. The fourth-order valence-electron chi connectivity index (χ4n) is 3.18. The Morgan fingerprint density at radius 3 is 1.57 bits per heavy atom. The standard InChI is InChI=1S/C21H24N2OS4/c24-21(22-17-7-1-5-15(13-17)19-25-9-3-10-26-19)23-18-8-2-6-16(14-18)20-27-11-4-12-28-20/h1-2,5-8,13-14,19-20H,3-4,9-12H2,(H2,22,23,24). The van der Waals surface area contributed by atoms with Crippen LogP contribution < -0.4 is 10.6 Å². The molecule has 0 unspecified atom stereocenters. The molecule has 0 bridgehead atoms. The number of amides is 2. The first-order valence-corrected chi connectivity index (χ1v) is 13.7. The second-order valence-corrected chi connectivity index (χ2v) is 12.1. The minimum Gasteiger partial charge on any atom is -0.308 e. The second kappa shape index (κ2) is 10.2. The van der Waals surface area contributed by atoms with E-state index in [2.05, 4.69) is 34.9 Å². The van der Waals surface area contributed by atoms with Crippen molar-refractivity contribution in [1.29, 1.82) is 0 Å². The third-order valence-electron chi connectivity index (χ3n) is 4.49. The Morgan fingerprint density at radius 1 is 0.714 bits per heavy atom. The highest BCUT2D eigenvalue weighted by Gasteiger charge is 2.18. The van der Waals surface area contributed by atoms with Gasteiger partial charge < -0.3 is 10.6 Å². The molecule has 148 valence electrons. The van der Waals surface area contributed by atoms with E-state index in [9.17, 15) is 4.79 Å². The smallest absolute Gasteiger partial charge is 0.308 e. The molecule has 2 N–H and O–H groups in total. The molecule has 4 rings (SSSR count). The molecule has 7 heteroatoms. The number of hydrogen-bond donors (Lipinski definition) is 2. The van der Waals surface area contributed by atoms with Gasteiger partial charge in [0, 0.05) is 11.4 Å². The third-order valence-corrected chi connectivity index (χ3v) is 10.5. The maximum atomic E-state index is 12.5. The number of thioether (sulfide) groups is 4. The highest BCUT2D eigenvalue weighted by molar-refractivity contribution is 8.17. The molecule has 2 heterocycles. The van der Waals surface area contributed by atoms with Gasteiger partial charge in [0.1, 0.15) is 0 Å². The molecule has 2 aliphatic rings. The van der Waals surface area contributed by atoms with E-state index in [0.717, 1.165) is 11.4 Å². The molecule has 0 aromatic heterocycles. The summed E-state index contributed by atoms with van der Waals surface area (Å²) in [5.74, 6) is 4.85. The molecule has 2 amide bonds. The molecule has 0 radical (unpaired) electrons. The van der Waals surface area contributed by atoms with E-state index in [4.69, 9.17) is 0 Å². The first kappa shape index (κ1) is 20.4. The number of hydrogen-bond acceptors (Lipinski definition) is 5. The zero-order valence-corrected chi connectivity index (χ0v) is 18.8. The lowest BCUT2D eigenvalue weighted by Gasteiger charge is -2.22. The number of benzene rings is 2. The highest BCUT2D eigenvalue weighted by Crippen LogP contribution is 2.45. The molecule has 28 heavy (non-hydrogen) atoms. The summed E-state index contributed by atoms with van der Waals surface area (Å²) >= 11 is 7.97. The molecule has 2 aromatic carbocycles. The summed E-state index contributed by atoms with van der Waals surface area (Å²) < 4.78 is 0.946. The van der Waals surface area contributed by atoms with Gasteiger partial charge in [-0.25, -0.2) is 4.79 Å². The zero-order valence-electron chi connectivity index (χ0n) is 15.6. The monoisotopic (exact) mass is 448 g/mol. The molecular formula is C21H24N2OS4. The van der Waals surface area contributed by atoms with Gasteiger partial charge in [-0.3, -0.25) is 0 Å². The molecule has 2 fully saturated rings. The largest absolute Gasteiger partial charge is 0.323 e. The molecule has 0 atom stereocenters. The van der Waals surface area contributed by atoms with Crippen molar-refractivity contribution < 1.29 is 4.79 Å². The van der Waals surface area contributed by atoms with E-state index in [1.807, 2.05) is 71.3 Å². The summed E-state index contributed by atoms with van der Waals surface area (Å²) in [6.45, 7) is 0. The van der Waals surface area contributed by atoms with E-state index in [0.29, 0.717) is 9.16 Å². The summed E-state index contributed by atoms with van der Waals surface area (Å²) in [6.07, 6.45) is 2.56. The first-order chi connectivity index (χ1) is 13.8. The van der Waals surface area contributed by atoms with Gasteiger partial charge in [-0.1, -0.05) is 24.3 Å². The molecular weight excluding hydrogens is 425 g/mol. The van der Waals surface area contributed by atoms with Gasteiger partial charge in [-0.15, -0.1) is 47.0 Å². The summed E-state index contributed by atoms with van der Waals surface area (Å²) in [4.78, 5) is 12.5. The summed E-state index contributed by atoms with van der Waals surface area (Å²) in [5.41, 5.74) is 4.24. The number of carbonyl (C=O) groups is 1.